The molecule has 3 nitrogen and oxygen atoms in total. The molecule has 0 radical (unpaired) electrons. The molecular formula is C8H14N2O. The van der Waals surface area contributed by atoms with E-state index < -0.39 is 0 Å². The molecule has 1 heterocycles. The van der Waals surface area contributed by atoms with Crippen molar-refractivity contribution in [2.75, 3.05) is 6.54 Å². The van der Waals surface area contributed by atoms with Crippen LogP contribution in [-0.4, -0.2) is 6.54 Å². The summed E-state index contributed by atoms with van der Waals surface area (Å²) < 4.78 is 4.90. The molecule has 0 aliphatic carbocycles. The van der Waals surface area contributed by atoms with Gasteiger partial charge in [0.1, 0.15) is 0 Å². The molecule has 0 unspecified atom stereocenters. The second kappa shape index (κ2) is 4.16. The van der Waals surface area contributed by atoms with Crippen molar-refractivity contribution in [2.45, 2.75) is 18.9 Å². The summed E-state index contributed by atoms with van der Waals surface area (Å²) in [6.45, 7) is 0.700. The second-order valence-corrected chi connectivity index (χ2v) is 2.59. The van der Waals surface area contributed by atoms with Gasteiger partial charge in [0.05, 0.1) is 12.5 Å². The summed E-state index contributed by atoms with van der Waals surface area (Å²) in [6, 6.07) is 1.97. The lowest BCUT2D eigenvalue weighted by molar-refractivity contribution is 0.551. The first-order valence-electron chi connectivity index (χ1n) is 3.82. The summed E-state index contributed by atoms with van der Waals surface area (Å²) >= 11 is 0. The van der Waals surface area contributed by atoms with E-state index in [1.54, 1.807) is 12.5 Å². The van der Waals surface area contributed by atoms with Crippen LogP contribution in [0.25, 0.3) is 0 Å². The third kappa shape index (κ3) is 2.37. The Morgan fingerprint density at radius 1 is 1.55 bits per heavy atom. The van der Waals surface area contributed by atoms with Crippen LogP contribution in [0.1, 0.15) is 24.4 Å². The van der Waals surface area contributed by atoms with Gasteiger partial charge in [-0.2, -0.15) is 0 Å². The van der Waals surface area contributed by atoms with E-state index in [1.807, 2.05) is 6.07 Å². The van der Waals surface area contributed by atoms with Crippen molar-refractivity contribution in [1.82, 2.24) is 0 Å². The van der Waals surface area contributed by atoms with Gasteiger partial charge >= 0.3 is 0 Å². The Morgan fingerprint density at radius 3 is 2.91 bits per heavy atom. The zero-order valence-corrected chi connectivity index (χ0v) is 6.49. The largest absolute Gasteiger partial charge is 0.472 e. The van der Waals surface area contributed by atoms with Gasteiger partial charge in [0.2, 0.25) is 0 Å². The van der Waals surface area contributed by atoms with Crippen LogP contribution in [0.2, 0.25) is 0 Å². The van der Waals surface area contributed by atoms with Gasteiger partial charge in [-0.25, -0.2) is 0 Å². The summed E-state index contributed by atoms with van der Waals surface area (Å²) in [5.74, 6) is 0. The van der Waals surface area contributed by atoms with E-state index in [2.05, 4.69) is 0 Å². The second-order valence-electron chi connectivity index (χ2n) is 2.59. The number of furan rings is 1. The molecule has 11 heavy (non-hydrogen) atoms. The Morgan fingerprint density at radius 2 is 2.36 bits per heavy atom. The molecular weight excluding hydrogens is 140 g/mol. The van der Waals surface area contributed by atoms with Gasteiger partial charge in [-0.05, 0) is 25.5 Å². The molecule has 4 N–H and O–H groups in total. The van der Waals surface area contributed by atoms with Crippen molar-refractivity contribution < 1.29 is 4.42 Å². The van der Waals surface area contributed by atoms with Crippen molar-refractivity contribution in [2.24, 2.45) is 11.5 Å². The zero-order valence-electron chi connectivity index (χ0n) is 6.49. The van der Waals surface area contributed by atoms with Crippen LogP contribution >= 0.6 is 0 Å². The monoisotopic (exact) mass is 154 g/mol. The van der Waals surface area contributed by atoms with Crippen molar-refractivity contribution in [3.63, 3.8) is 0 Å². The molecule has 1 aromatic heterocycles. The summed E-state index contributed by atoms with van der Waals surface area (Å²) in [4.78, 5) is 0. The van der Waals surface area contributed by atoms with E-state index in [0.717, 1.165) is 18.4 Å². The fourth-order valence-corrected chi connectivity index (χ4v) is 0.990. The highest BCUT2D eigenvalue weighted by molar-refractivity contribution is 5.10. The molecule has 0 saturated carbocycles. The van der Waals surface area contributed by atoms with Crippen LogP contribution in [0, 0.1) is 0 Å². The number of rotatable bonds is 4. The Bertz CT molecular complexity index is 184. The standard InChI is InChI=1S/C8H14N2O/c9-4-1-2-8(10)7-3-5-11-6-7/h3,5-6,8H,1-2,4,9-10H2/t8-/m0/s1. The molecule has 0 aliphatic heterocycles. The van der Waals surface area contributed by atoms with Gasteiger partial charge in [0.15, 0.2) is 0 Å². The molecule has 0 spiro atoms. The summed E-state index contributed by atoms with van der Waals surface area (Å²) in [5, 5.41) is 0. The van der Waals surface area contributed by atoms with Crippen LogP contribution in [-0.2, 0) is 0 Å². The zero-order chi connectivity index (χ0) is 8.10. The molecule has 0 saturated heterocycles. The third-order valence-corrected chi connectivity index (χ3v) is 1.69. The minimum absolute atomic E-state index is 0.0808. The lowest BCUT2D eigenvalue weighted by atomic mass is 10.1. The average Bonchev–Trinajstić information content (AvgIpc) is 2.52. The van der Waals surface area contributed by atoms with Crippen LogP contribution < -0.4 is 11.5 Å². The highest BCUT2D eigenvalue weighted by Gasteiger charge is 2.05. The van der Waals surface area contributed by atoms with Crippen LogP contribution in [0.4, 0.5) is 0 Å². The number of nitrogens with two attached hydrogens (primary N) is 2. The van der Waals surface area contributed by atoms with Gasteiger partial charge < -0.3 is 15.9 Å². The third-order valence-electron chi connectivity index (χ3n) is 1.69. The highest BCUT2D eigenvalue weighted by atomic mass is 16.3. The van der Waals surface area contributed by atoms with Crippen molar-refractivity contribution in [3.05, 3.63) is 24.2 Å². The van der Waals surface area contributed by atoms with Crippen molar-refractivity contribution >= 4 is 0 Å². The normalized spacial score (nSPS) is 13.3. The molecule has 0 aromatic carbocycles. The van der Waals surface area contributed by atoms with Crippen molar-refractivity contribution in [1.29, 1.82) is 0 Å². The first-order valence-corrected chi connectivity index (χ1v) is 3.82. The molecule has 1 rings (SSSR count). The van der Waals surface area contributed by atoms with E-state index in [9.17, 15) is 0 Å². The molecule has 0 fully saturated rings. The fraction of sp³-hybridized carbons (Fsp3) is 0.500. The Balaban J connectivity index is 2.36. The SMILES string of the molecule is NCCC[C@H](N)c1ccoc1. The summed E-state index contributed by atoms with van der Waals surface area (Å²) in [5.41, 5.74) is 12.2. The number of hydrogen-bond donors (Lipinski definition) is 2. The summed E-state index contributed by atoms with van der Waals surface area (Å²) in [7, 11) is 0. The maximum Gasteiger partial charge on any atom is 0.0950 e. The van der Waals surface area contributed by atoms with Gasteiger partial charge in [-0.15, -0.1) is 0 Å². The highest BCUT2D eigenvalue weighted by Crippen LogP contribution is 2.14. The van der Waals surface area contributed by atoms with Crippen LogP contribution in [0.15, 0.2) is 23.0 Å². The molecule has 0 amide bonds. The predicted molar refractivity (Wildman–Crippen MR) is 43.9 cm³/mol. The van der Waals surface area contributed by atoms with Crippen molar-refractivity contribution in [3.8, 4) is 0 Å². The van der Waals surface area contributed by atoms with Gasteiger partial charge in [-0.1, -0.05) is 0 Å². The topological polar surface area (TPSA) is 65.2 Å². The Hall–Kier alpha value is -0.800. The minimum atomic E-state index is 0.0808. The molecule has 3 heteroatoms. The first-order chi connectivity index (χ1) is 5.34. The smallest absolute Gasteiger partial charge is 0.0950 e. The van der Waals surface area contributed by atoms with E-state index in [4.69, 9.17) is 15.9 Å². The van der Waals surface area contributed by atoms with Gasteiger partial charge in [0, 0.05) is 11.6 Å². The molecule has 1 atom stereocenters. The van der Waals surface area contributed by atoms with E-state index in [-0.39, 0.29) is 6.04 Å². The Kier molecular flexibility index (Phi) is 3.14. The minimum Gasteiger partial charge on any atom is -0.472 e. The predicted octanol–water partition coefficient (Wildman–Crippen LogP) is 1.02. The maximum absolute atomic E-state index is 5.81. The van der Waals surface area contributed by atoms with Gasteiger partial charge in [-0.3, -0.25) is 0 Å². The maximum atomic E-state index is 5.81. The average molecular weight is 154 g/mol. The molecule has 62 valence electrons. The van der Waals surface area contributed by atoms with Crippen LogP contribution in [0.3, 0.4) is 0 Å². The van der Waals surface area contributed by atoms with Crippen LogP contribution in [0.5, 0.6) is 0 Å². The van der Waals surface area contributed by atoms with Gasteiger partial charge in [0.25, 0.3) is 0 Å². The van der Waals surface area contributed by atoms with E-state index in [0.29, 0.717) is 6.54 Å². The fourth-order valence-electron chi connectivity index (χ4n) is 0.990. The first kappa shape index (κ1) is 8.30. The lowest BCUT2D eigenvalue weighted by Crippen LogP contribution is -2.11. The molecule has 0 bridgehead atoms. The molecule has 1 aromatic rings. The Labute approximate surface area is 66.4 Å². The van der Waals surface area contributed by atoms with E-state index in [1.165, 1.54) is 0 Å². The van der Waals surface area contributed by atoms with E-state index >= 15 is 0 Å². The lowest BCUT2D eigenvalue weighted by Gasteiger charge is -2.06. The molecule has 0 aliphatic rings. The number of hydrogen-bond acceptors (Lipinski definition) is 3. The summed E-state index contributed by atoms with van der Waals surface area (Å²) in [6.07, 6.45) is 5.21. The quantitative estimate of drug-likeness (QED) is 0.680.